The lowest BCUT2D eigenvalue weighted by Crippen LogP contribution is -2.52. The fraction of sp³-hybridized carbons (Fsp3) is 0.458. The summed E-state index contributed by atoms with van der Waals surface area (Å²) in [4.78, 5) is 36.9. The second-order valence-corrected chi connectivity index (χ2v) is 11.2. The number of fused-ring (bicyclic) bond motifs is 1. The topological polar surface area (TPSA) is 139 Å². The molecule has 0 fully saturated rings. The Morgan fingerprint density at radius 3 is 2.18 bits per heavy atom. The molecule has 2 unspecified atom stereocenters. The molecule has 0 aliphatic heterocycles. The first-order valence-electron chi connectivity index (χ1n) is 10.9. The van der Waals surface area contributed by atoms with E-state index in [0.29, 0.717) is 5.39 Å². The smallest absolute Gasteiger partial charge is 0.326 e. The molecule has 0 aliphatic carbocycles. The van der Waals surface area contributed by atoms with Gasteiger partial charge in [0.2, 0.25) is 15.9 Å². The Morgan fingerprint density at radius 2 is 1.62 bits per heavy atom. The van der Waals surface area contributed by atoms with Crippen molar-refractivity contribution in [1.29, 1.82) is 0 Å². The van der Waals surface area contributed by atoms with Crippen molar-refractivity contribution in [3.05, 3.63) is 42.5 Å². The summed E-state index contributed by atoms with van der Waals surface area (Å²) in [5, 5.41) is 13.3. The number of carboxylic acids is 1. The molecule has 0 heterocycles. The third-order valence-corrected chi connectivity index (χ3v) is 6.23. The van der Waals surface area contributed by atoms with Gasteiger partial charge in [-0.1, -0.05) is 44.2 Å². The molecule has 1 amide bonds. The van der Waals surface area contributed by atoms with Crippen molar-refractivity contribution in [3.8, 4) is 0 Å². The van der Waals surface area contributed by atoms with Crippen LogP contribution in [0.5, 0.6) is 0 Å². The zero-order chi connectivity index (χ0) is 25.7. The van der Waals surface area contributed by atoms with Crippen molar-refractivity contribution in [3.63, 3.8) is 0 Å². The normalized spacial score (nSPS) is 13.9. The fourth-order valence-electron chi connectivity index (χ4n) is 3.29. The highest BCUT2D eigenvalue weighted by Crippen LogP contribution is 2.20. The van der Waals surface area contributed by atoms with Gasteiger partial charge in [-0.2, -0.15) is 4.72 Å². The van der Waals surface area contributed by atoms with Gasteiger partial charge in [-0.3, -0.25) is 9.59 Å². The Kier molecular flexibility index (Phi) is 8.79. The molecule has 2 rings (SSSR count). The summed E-state index contributed by atoms with van der Waals surface area (Å²) in [7, 11) is -4.23. The quantitative estimate of drug-likeness (QED) is 0.433. The summed E-state index contributed by atoms with van der Waals surface area (Å²) >= 11 is 0. The fourth-order valence-corrected chi connectivity index (χ4v) is 4.52. The molecule has 0 aromatic heterocycles. The minimum atomic E-state index is -4.23. The first-order chi connectivity index (χ1) is 15.7. The number of ether oxygens (including phenoxy) is 1. The number of amides is 1. The van der Waals surface area contributed by atoms with Gasteiger partial charge in [0.25, 0.3) is 0 Å². The van der Waals surface area contributed by atoms with Gasteiger partial charge in [0.05, 0.1) is 11.3 Å². The SMILES string of the molecule is CC(C)CC(NC(=O)C(CC(=O)OC(C)(C)C)NS(=O)(=O)c1ccc2ccccc2c1)C(=O)O. The van der Waals surface area contributed by atoms with E-state index in [4.69, 9.17) is 4.74 Å². The standard InChI is InChI=1S/C24H32N2O7S/c1-15(2)12-20(23(29)30)25-22(28)19(14-21(27)33-24(3,4)5)26-34(31,32)18-11-10-16-8-6-7-9-17(16)13-18/h6-11,13,15,19-20,26H,12,14H2,1-5H3,(H,25,28)(H,29,30). The first kappa shape index (κ1) is 27.3. The maximum Gasteiger partial charge on any atom is 0.326 e. The molecule has 3 N–H and O–H groups in total. The Balaban J connectivity index is 2.33. The molecule has 0 radical (unpaired) electrons. The van der Waals surface area contributed by atoms with Crippen LogP contribution in [-0.4, -0.2) is 49.1 Å². The highest BCUT2D eigenvalue weighted by molar-refractivity contribution is 7.89. The Bertz CT molecular complexity index is 1150. The summed E-state index contributed by atoms with van der Waals surface area (Å²) in [6, 6.07) is 8.86. The molecular weight excluding hydrogens is 460 g/mol. The Labute approximate surface area is 199 Å². The van der Waals surface area contributed by atoms with E-state index in [1.54, 1.807) is 52.8 Å². The van der Waals surface area contributed by atoms with Gasteiger partial charge in [0.1, 0.15) is 17.7 Å². The molecule has 2 atom stereocenters. The van der Waals surface area contributed by atoms with E-state index in [9.17, 15) is 27.9 Å². The van der Waals surface area contributed by atoms with Crippen LogP contribution in [0.25, 0.3) is 10.8 Å². The van der Waals surface area contributed by atoms with Crippen molar-refractivity contribution in [1.82, 2.24) is 10.0 Å². The summed E-state index contributed by atoms with van der Waals surface area (Å²) in [5.41, 5.74) is -0.851. The van der Waals surface area contributed by atoms with Gasteiger partial charge >= 0.3 is 11.9 Å². The summed E-state index contributed by atoms with van der Waals surface area (Å²) < 4.78 is 33.7. The highest BCUT2D eigenvalue weighted by Gasteiger charge is 2.32. The van der Waals surface area contributed by atoms with Crippen molar-refractivity contribution >= 4 is 38.6 Å². The van der Waals surface area contributed by atoms with Crippen LogP contribution in [0.3, 0.4) is 0 Å². The monoisotopic (exact) mass is 492 g/mol. The third-order valence-electron chi connectivity index (χ3n) is 4.76. The van der Waals surface area contributed by atoms with E-state index in [2.05, 4.69) is 10.0 Å². The molecule has 2 aromatic rings. The van der Waals surface area contributed by atoms with Crippen molar-refractivity contribution in [2.45, 2.75) is 70.0 Å². The van der Waals surface area contributed by atoms with Gasteiger partial charge in [0.15, 0.2) is 0 Å². The number of nitrogens with one attached hydrogen (secondary N) is 2. The summed E-state index contributed by atoms with van der Waals surface area (Å²) in [6.45, 7) is 8.51. The van der Waals surface area contributed by atoms with Crippen LogP contribution in [0.1, 0.15) is 47.5 Å². The van der Waals surface area contributed by atoms with Crippen LogP contribution < -0.4 is 10.0 Å². The second-order valence-electron chi connectivity index (χ2n) is 9.50. The Hall–Kier alpha value is -2.98. The highest BCUT2D eigenvalue weighted by atomic mass is 32.2. The molecule has 186 valence electrons. The minimum Gasteiger partial charge on any atom is -0.480 e. The zero-order valence-corrected chi connectivity index (χ0v) is 20.8. The van der Waals surface area contributed by atoms with Crippen LogP contribution in [0.2, 0.25) is 0 Å². The molecule has 9 nitrogen and oxygen atoms in total. The number of aliphatic carboxylic acids is 1. The number of sulfonamides is 1. The number of benzene rings is 2. The van der Waals surface area contributed by atoms with Crippen LogP contribution in [-0.2, 0) is 29.1 Å². The van der Waals surface area contributed by atoms with Crippen LogP contribution in [0, 0.1) is 5.92 Å². The van der Waals surface area contributed by atoms with E-state index in [-0.39, 0.29) is 17.2 Å². The van der Waals surface area contributed by atoms with E-state index >= 15 is 0 Å². The van der Waals surface area contributed by atoms with Crippen LogP contribution >= 0.6 is 0 Å². The summed E-state index contributed by atoms with van der Waals surface area (Å²) in [6.07, 6.45) is -0.471. The lowest BCUT2D eigenvalue weighted by atomic mass is 10.0. The van der Waals surface area contributed by atoms with Crippen molar-refractivity contribution < 1.29 is 32.6 Å². The lowest BCUT2D eigenvalue weighted by Gasteiger charge is -2.24. The van der Waals surface area contributed by atoms with Crippen LogP contribution in [0.4, 0.5) is 0 Å². The number of carboxylic acid groups (broad SMARTS) is 1. The molecule has 2 aromatic carbocycles. The minimum absolute atomic E-state index is 0.0417. The van der Waals surface area contributed by atoms with E-state index in [1.807, 2.05) is 12.1 Å². The van der Waals surface area contributed by atoms with Gasteiger partial charge < -0.3 is 15.2 Å². The molecule has 0 saturated carbocycles. The van der Waals surface area contributed by atoms with Crippen molar-refractivity contribution in [2.24, 2.45) is 5.92 Å². The van der Waals surface area contributed by atoms with E-state index in [0.717, 1.165) is 5.39 Å². The molecule has 0 spiro atoms. The first-order valence-corrected chi connectivity index (χ1v) is 12.4. The largest absolute Gasteiger partial charge is 0.480 e. The molecule has 0 aliphatic rings. The zero-order valence-electron chi connectivity index (χ0n) is 20.0. The number of hydrogen-bond donors (Lipinski definition) is 3. The number of carbonyl (C=O) groups is 3. The van der Waals surface area contributed by atoms with Crippen LogP contribution in [0.15, 0.2) is 47.4 Å². The summed E-state index contributed by atoms with van der Waals surface area (Å²) in [5.74, 6) is -3.02. The van der Waals surface area contributed by atoms with Gasteiger partial charge in [-0.05, 0) is 56.0 Å². The molecule has 34 heavy (non-hydrogen) atoms. The number of rotatable bonds is 10. The van der Waals surface area contributed by atoms with Gasteiger partial charge in [-0.15, -0.1) is 0 Å². The number of carbonyl (C=O) groups excluding carboxylic acids is 2. The van der Waals surface area contributed by atoms with Gasteiger partial charge in [0, 0.05) is 0 Å². The molecule has 10 heteroatoms. The van der Waals surface area contributed by atoms with E-state index in [1.165, 1.54) is 12.1 Å². The Morgan fingerprint density at radius 1 is 1.00 bits per heavy atom. The predicted octanol–water partition coefficient (Wildman–Crippen LogP) is 2.83. The van der Waals surface area contributed by atoms with Crippen molar-refractivity contribution in [2.75, 3.05) is 0 Å². The molecular formula is C24H32N2O7S. The average molecular weight is 493 g/mol. The second kappa shape index (κ2) is 11.0. The number of esters is 1. The maximum absolute atomic E-state index is 13.1. The average Bonchev–Trinajstić information content (AvgIpc) is 2.70. The number of hydrogen-bond acceptors (Lipinski definition) is 6. The molecule has 0 bridgehead atoms. The van der Waals surface area contributed by atoms with E-state index < -0.39 is 52.0 Å². The third kappa shape index (κ3) is 8.11. The maximum atomic E-state index is 13.1. The lowest BCUT2D eigenvalue weighted by molar-refractivity contribution is -0.156. The molecule has 0 saturated heterocycles. The predicted molar refractivity (Wildman–Crippen MR) is 128 cm³/mol. The van der Waals surface area contributed by atoms with Gasteiger partial charge in [-0.25, -0.2) is 13.2 Å².